The molecular formula is C22H16ClN3O2S2. The molecule has 0 bridgehead atoms. The summed E-state index contributed by atoms with van der Waals surface area (Å²) in [5.41, 5.74) is 1.53. The second-order valence-electron chi connectivity index (χ2n) is 6.09. The lowest BCUT2D eigenvalue weighted by molar-refractivity contribution is -0.114. The van der Waals surface area contributed by atoms with Gasteiger partial charge in [0.05, 0.1) is 23.5 Å². The molecule has 0 unspecified atom stereocenters. The fourth-order valence-corrected chi connectivity index (χ4v) is 4.37. The Bertz CT molecular complexity index is 1230. The third-order valence-corrected chi connectivity index (χ3v) is 6.27. The SMILES string of the molecule is COc1ccc2nc(N(/N=C/c3cccs3)C(=O)/C=C/c3ccccc3Cl)sc2c1. The molecule has 0 saturated carbocycles. The number of methoxy groups -OCH3 is 1. The maximum atomic E-state index is 13.0. The zero-order chi connectivity index (χ0) is 20.9. The standard InChI is InChI=1S/C22H16ClN3O2S2/c1-28-16-9-10-19-20(13-16)30-22(25-19)26(24-14-17-6-4-12-29-17)21(27)11-8-15-5-2-3-7-18(15)23/h2-14H,1H3/b11-8+,24-14+. The van der Waals surface area contributed by atoms with Crippen LogP contribution in [0.25, 0.3) is 16.3 Å². The molecule has 0 atom stereocenters. The van der Waals surface area contributed by atoms with E-state index in [0.29, 0.717) is 10.2 Å². The number of ether oxygens (including phenoxy) is 1. The van der Waals surface area contributed by atoms with Crippen LogP contribution < -0.4 is 9.75 Å². The smallest absolute Gasteiger partial charge is 0.273 e. The zero-order valence-corrected chi connectivity index (χ0v) is 18.2. The first-order valence-electron chi connectivity index (χ1n) is 8.93. The van der Waals surface area contributed by atoms with Gasteiger partial charge in [0.15, 0.2) is 0 Å². The third kappa shape index (κ3) is 4.59. The summed E-state index contributed by atoms with van der Waals surface area (Å²) in [7, 11) is 1.61. The van der Waals surface area contributed by atoms with E-state index in [1.165, 1.54) is 33.8 Å². The van der Waals surface area contributed by atoms with Crippen molar-refractivity contribution in [3.8, 4) is 5.75 Å². The molecule has 30 heavy (non-hydrogen) atoms. The van der Waals surface area contributed by atoms with Crippen molar-refractivity contribution in [1.29, 1.82) is 0 Å². The summed E-state index contributed by atoms with van der Waals surface area (Å²) in [5.74, 6) is 0.407. The van der Waals surface area contributed by atoms with Crippen LogP contribution in [0, 0.1) is 0 Å². The Hall–Kier alpha value is -3.00. The summed E-state index contributed by atoms with van der Waals surface area (Å²) in [6, 6.07) is 16.8. The molecule has 4 aromatic rings. The number of hydrogen-bond donors (Lipinski definition) is 0. The number of nitrogens with zero attached hydrogens (tertiary/aromatic N) is 3. The minimum absolute atomic E-state index is 0.325. The van der Waals surface area contributed by atoms with Crippen molar-refractivity contribution in [2.24, 2.45) is 5.10 Å². The van der Waals surface area contributed by atoms with E-state index in [1.54, 1.807) is 25.5 Å². The third-order valence-electron chi connectivity index (χ3n) is 4.13. The van der Waals surface area contributed by atoms with E-state index in [-0.39, 0.29) is 5.91 Å². The Morgan fingerprint density at radius 3 is 2.83 bits per heavy atom. The van der Waals surface area contributed by atoms with Crippen LogP contribution >= 0.6 is 34.3 Å². The van der Waals surface area contributed by atoms with Crippen LogP contribution in [-0.4, -0.2) is 24.2 Å². The summed E-state index contributed by atoms with van der Waals surface area (Å²) < 4.78 is 6.19. The molecule has 8 heteroatoms. The normalized spacial score (nSPS) is 11.5. The molecule has 2 aromatic carbocycles. The van der Waals surface area contributed by atoms with Gasteiger partial charge >= 0.3 is 0 Å². The molecule has 4 rings (SSSR count). The lowest BCUT2D eigenvalue weighted by Gasteiger charge is -2.11. The molecule has 0 spiro atoms. The summed E-state index contributed by atoms with van der Waals surface area (Å²) in [6.07, 6.45) is 4.77. The van der Waals surface area contributed by atoms with Gasteiger partial charge in [0.1, 0.15) is 5.75 Å². The minimum atomic E-state index is -0.325. The van der Waals surface area contributed by atoms with Gasteiger partial charge in [0.2, 0.25) is 5.13 Å². The Labute approximate surface area is 186 Å². The number of amides is 1. The summed E-state index contributed by atoms with van der Waals surface area (Å²) in [4.78, 5) is 18.5. The maximum Gasteiger partial charge on any atom is 0.273 e. The molecule has 0 radical (unpaired) electrons. The van der Waals surface area contributed by atoms with Crippen LogP contribution in [-0.2, 0) is 4.79 Å². The van der Waals surface area contributed by atoms with E-state index in [9.17, 15) is 4.79 Å². The summed E-state index contributed by atoms with van der Waals surface area (Å²) >= 11 is 9.10. The topological polar surface area (TPSA) is 54.8 Å². The quantitative estimate of drug-likeness (QED) is 0.201. The highest BCUT2D eigenvalue weighted by Crippen LogP contribution is 2.32. The monoisotopic (exact) mass is 453 g/mol. The predicted octanol–water partition coefficient (Wildman–Crippen LogP) is 6.10. The molecule has 1 amide bonds. The van der Waals surface area contributed by atoms with Gasteiger partial charge in [-0.05, 0) is 47.4 Å². The molecule has 0 N–H and O–H groups in total. The Balaban J connectivity index is 1.69. The van der Waals surface area contributed by atoms with Crippen LogP contribution in [0.15, 0.2) is 71.2 Å². The van der Waals surface area contributed by atoms with E-state index in [0.717, 1.165) is 26.4 Å². The fourth-order valence-electron chi connectivity index (χ4n) is 2.63. The molecular weight excluding hydrogens is 438 g/mol. The van der Waals surface area contributed by atoms with Crippen molar-refractivity contribution >= 4 is 67.8 Å². The van der Waals surface area contributed by atoms with E-state index < -0.39 is 0 Å². The van der Waals surface area contributed by atoms with Crippen molar-refractivity contribution in [3.63, 3.8) is 0 Å². The van der Waals surface area contributed by atoms with E-state index in [2.05, 4.69) is 10.1 Å². The highest BCUT2D eigenvalue weighted by Gasteiger charge is 2.18. The number of aromatic nitrogens is 1. The number of carbonyl (C=O) groups excluding carboxylic acids is 1. The van der Waals surface area contributed by atoms with Crippen LogP contribution in [0.5, 0.6) is 5.75 Å². The number of thiophene rings is 1. The maximum absolute atomic E-state index is 13.0. The molecule has 2 heterocycles. The molecule has 0 saturated heterocycles. The number of carbonyl (C=O) groups is 1. The molecule has 5 nitrogen and oxygen atoms in total. The van der Waals surface area contributed by atoms with Gasteiger partial charge in [-0.15, -0.1) is 11.3 Å². The molecule has 2 aromatic heterocycles. The van der Waals surface area contributed by atoms with Crippen molar-refractivity contribution in [2.75, 3.05) is 12.1 Å². The second-order valence-corrected chi connectivity index (χ2v) is 8.49. The number of halogens is 1. The second kappa shape index (κ2) is 9.21. The largest absolute Gasteiger partial charge is 0.497 e. The number of thiazole rings is 1. The van der Waals surface area contributed by atoms with Crippen molar-refractivity contribution in [1.82, 2.24) is 4.98 Å². The highest BCUT2D eigenvalue weighted by molar-refractivity contribution is 7.22. The van der Waals surface area contributed by atoms with Crippen LogP contribution in [0.4, 0.5) is 5.13 Å². The van der Waals surface area contributed by atoms with Crippen LogP contribution in [0.1, 0.15) is 10.4 Å². The molecule has 0 fully saturated rings. The minimum Gasteiger partial charge on any atom is -0.497 e. The molecule has 0 aliphatic carbocycles. The van der Waals surface area contributed by atoms with Gasteiger partial charge in [0, 0.05) is 16.0 Å². The van der Waals surface area contributed by atoms with Crippen molar-refractivity contribution in [3.05, 3.63) is 81.5 Å². The number of hydrazone groups is 1. The lowest BCUT2D eigenvalue weighted by Crippen LogP contribution is -2.23. The number of fused-ring (bicyclic) bond motifs is 1. The van der Waals surface area contributed by atoms with Gasteiger partial charge < -0.3 is 4.74 Å². The fraction of sp³-hybridized carbons (Fsp3) is 0.0455. The Morgan fingerprint density at radius 2 is 2.07 bits per heavy atom. The van der Waals surface area contributed by atoms with Crippen molar-refractivity contribution in [2.45, 2.75) is 0 Å². The molecule has 0 aliphatic heterocycles. The van der Waals surface area contributed by atoms with Gasteiger partial charge in [-0.2, -0.15) is 10.1 Å². The van der Waals surface area contributed by atoms with Gasteiger partial charge in [-0.1, -0.05) is 47.2 Å². The van der Waals surface area contributed by atoms with Crippen LogP contribution in [0.3, 0.4) is 0 Å². The molecule has 0 aliphatic rings. The number of benzene rings is 2. The first-order valence-corrected chi connectivity index (χ1v) is 11.0. The van der Waals surface area contributed by atoms with E-state index >= 15 is 0 Å². The Kier molecular flexibility index (Phi) is 6.23. The van der Waals surface area contributed by atoms with Gasteiger partial charge in [-0.25, -0.2) is 4.98 Å². The number of anilines is 1. The van der Waals surface area contributed by atoms with E-state index in [4.69, 9.17) is 16.3 Å². The zero-order valence-electron chi connectivity index (χ0n) is 15.9. The van der Waals surface area contributed by atoms with Gasteiger partial charge in [-0.3, -0.25) is 4.79 Å². The average molecular weight is 454 g/mol. The van der Waals surface area contributed by atoms with Crippen molar-refractivity contribution < 1.29 is 9.53 Å². The Morgan fingerprint density at radius 1 is 1.20 bits per heavy atom. The number of rotatable bonds is 6. The summed E-state index contributed by atoms with van der Waals surface area (Å²) in [6.45, 7) is 0. The predicted molar refractivity (Wildman–Crippen MR) is 126 cm³/mol. The lowest BCUT2D eigenvalue weighted by atomic mass is 10.2. The van der Waals surface area contributed by atoms with Gasteiger partial charge in [0.25, 0.3) is 5.91 Å². The van der Waals surface area contributed by atoms with Crippen LogP contribution in [0.2, 0.25) is 5.02 Å². The highest BCUT2D eigenvalue weighted by atomic mass is 35.5. The first kappa shape index (κ1) is 20.3. The molecule has 150 valence electrons. The summed E-state index contributed by atoms with van der Waals surface area (Å²) in [5, 5.41) is 8.70. The number of hydrogen-bond acceptors (Lipinski definition) is 6. The van der Waals surface area contributed by atoms with E-state index in [1.807, 2.05) is 53.9 Å². The average Bonchev–Trinajstić information content (AvgIpc) is 3.42. The first-order chi connectivity index (χ1) is 14.6.